The average molecular weight is 519 g/mol. The molecule has 1 atom stereocenters. The molecule has 0 bridgehead atoms. The summed E-state index contributed by atoms with van der Waals surface area (Å²) in [6, 6.07) is 19.4. The number of para-hydroxylation sites is 1. The summed E-state index contributed by atoms with van der Waals surface area (Å²) in [6.07, 6.45) is 3.12. The van der Waals surface area contributed by atoms with Gasteiger partial charge in [0.2, 0.25) is 5.95 Å². The van der Waals surface area contributed by atoms with E-state index in [1.165, 1.54) is 12.3 Å². The van der Waals surface area contributed by atoms with Crippen LogP contribution in [0.5, 0.6) is 0 Å². The summed E-state index contributed by atoms with van der Waals surface area (Å²) in [5.41, 5.74) is 8.14. The number of hydrogen-bond acceptors (Lipinski definition) is 8. The van der Waals surface area contributed by atoms with Crippen molar-refractivity contribution in [1.82, 2.24) is 24.1 Å². The first kappa shape index (κ1) is 25.4. The number of nitrogens with two attached hydrogens (primary N) is 1. The van der Waals surface area contributed by atoms with Crippen LogP contribution in [0.1, 0.15) is 44.2 Å². The lowest BCUT2D eigenvalue weighted by molar-refractivity contribution is 0.579. The monoisotopic (exact) mass is 518 g/mol. The molecule has 5 aromatic rings. The Balaban J connectivity index is 1.75. The highest BCUT2D eigenvalue weighted by molar-refractivity contribution is 5.94. The van der Waals surface area contributed by atoms with E-state index in [0.29, 0.717) is 28.0 Å². The minimum absolute atomic E-state index is 0.0167. The second-order valence-electron chi connectivity index (χ2n) is 9.37. The number of nitrogens with one attached hydrogen (secondary N) is 1. The molecule has 1 unspecified atom stereocenters. The van der Waals surface area contributed by atoms with Crippen molar-refractivity contribution in [3.05, 3.63) is 105 Å². The Kier molecular flexibility index (Phi) is 6.64. The van der Waals surface area contributed by atoms with Crippen LogP contribution in [0, 0.1) is 11.3 Å². The lowest BCUT2D eigenvalue weighted by atomic mass is 10.0. The number of pyridine rings is 1. The maximum Gasteiger partial charge on any atom is 0.266 e. The molecule has 0 aliphatic rings. The van der Waals surface area contributed by atoms with Crippen molar-refractivity contribution in [1.29, 1.82) is 5.26 Å². The third-order valence-electron chi connectivity index (χ3n) is 6.41. The molecule has 0 fully saturated rings. The summed E-state index contributed by atoms with van der Waals surface area (Å²) in [5, 5.41) is 13.1. The minimum atomic E-state index is -0.546. The van der Waals surface area contributed by atoms with Gasteiger partial charge in [-0.2, -0.15) is 10.2 Å². The first-order valence-electron chi connectivity index (χ1n) is 12.4. The molecule has 0 spiro atoms. The second-order valence-corrected chi connectivity index (χ2v) is 9.37. The van der Waals surface area contributed by atoms with Crippen LogP contribution >= 0.6 is 0 Å². The van der Waals surface area contributed by atoms with E-state index in [2.05, 4.69) is 21.4 Å². The van der Waals surface area contributed by atoms with E-state index in [0.717, 1.165) is 5.56 Å². The number of nitrogens with zero attached hydrogens (tertiary/aromatic N) is 6. The van der Waals surface area contributed by atoms with Crippen LogP contribution in [0.2, 0.25) is 0 Å². The summed E-state index contributed by atoms with van der Waals surface area (Å²) in [5.74, 6) is 0.684. The van der Waals surface area contributed by atoms with E-state index in [4.69, 9.17) is 10.7 Å². The molecule has 3 aromatic heterocycles. The van der Waals surface area contributed by atoms with Gasteiger partial charge < -0.3 is 15.6 Å². The lowest BCUT2D eigenvalue weighted by Gasteiger charge is -2.21. The number of nitriles is 1. The summed E-state index contributed by atoms with van der Waals surface area (Å²) in [4.78, 5) is 39.7. The molecule has 0 aliphatic carbocycles. The largest absolute Gasteiger partial charge is 0.368 e. The van der Waals surface area contributed by atoms with Crippen LogP contribution in [0.15, 0.2) is 82.6 Å². The standard InChI is InChI=1S/C29H26N8O2/c1-17(2)36-16-19(12-13-24(36)38)22-10-7-11-23-25(22)28(39)37(21-8-5-4-6-9-21)27(34-23)18(3)33-26-20(14-30)15-32-29(31)35-26/h4-13,15-18H,1-3H3,(H3,31,32,33,35). The van der Waals surface area contributed by atoms with Crippen LogP contribution in [-0.2, 0) is 0 Å². The summed E-state index contributed by atoms with van der Waals surface area (Å²) >= 11 is 0. The van der Waals surface area contributed by atoms with E-state index in [1.807, 2.05) is 63.2 Å². The average Bonchev–Trinajstić information content (AvgIpc) is 2.93. The van der Waals surface area contributed by atoms with Gasteiger partial charge >= 0.3 is 0 Å². The normalized spacial score (nSPS) is 11.9. The Morgan fingerprint density at radius 3 is 2.46 bits per heavy atom. The Hall–Kier alpha value is -5.30. The zero-order valence-electron chi connectivity index (χ0n) is 21.7. The van der Waals surface area contributed by atoms with Crippen molar-refractivity contribution in [3.63, 3.8) is 0 Å². The molecule has 194 valence electrons. The van der Waals surface area contributed by atoms with Crippen LogP contribution in [0.3, 0.4) is 0 Å². The topological polar surface area (TPSA) is 145 Å². The number of rotatable bonds is 6. The van der Waals surface area contributed by atoms with Gasteiger partial charge in [0.25, 0.3) is 11.1 Å². The van der Waals surface area contributed by atoms with Crippen molar-refractivity contribution >= 4 is 22.7 Å². The Bertz CT molecular complexity index is 1850. The highest BCUT2D eigenvalue weighted by Crippen LogP contribution is 2.28. The number of fused-ring (bicyclic) bond motifs is 1. The molecule has 10 heteroatoms. The van der Waals surface area contributed by atoms with Crippen LogP contribution < -0.4 is 22.2 Å². The van der Waals surface area contributed by atoms with Gasteiger partial charge in [-0.25, -0.2) is 9.97 Å². The number of nitrogen functional groups attached to an aromatic ring is 1. The van der Waals surface area contributed by atoms with E-state index in [1.54, 1.807) is 27.5 Å². The number of hydrogen-bond donors (Lipinski definition) is 2. The predicted octanol–water partition coefficient (Wildman–Crippen LogP) is 4.21. The first-order chi connectivity index (χ1) is 18.8. The van der Waals surface area contributed by atoms with Crippen molar-refractivity contribution in [3.8, 4) is 22.9 Å². The first-order valence-corrected chi connectivity index (χ1v) is 12.4. The molecular formula is C29H26N8O2. The molecule has 3 N–H and O–H groups in total. The van der Waals surface area contributed by atoms with Gasteiger partial charge in [0.1, 0.15) is 23.3 Å². The molecule has 0 saturated carbocycles. The van der Waals surface area contributed by atoms with Crippen LogP contribution in [0.25, 0.3) is 27.7 Å². The van der Waals surface area contributed by atoms with Gasteiger partial charge in [-0.05, 0) is 56.2 Å². The quantitative estimate of drug-likeness (QED) is 0.340. The fourth-order valence-corrected chi connectivity index (χ4v) is 4.53. The molecule has 10 nitrogen and oxygen atoms in total. The number of benzene rings is 2. The maximum atomic E-state index is 14.3. The molecule has 5 rings (SSSR count). The Morgan fingerprint density at radius 2 is 1.74 bits per heavy atom. The minimum Gasteiger partial charge on any atom is -0.368 e. The van der Waals surface area contributed by atoms with Gasteiger partial charge in [0.15, 0.2) is 0 Å². The highest BCUT2D eigenvalue weighted by atomic mass is 16.1. The zero-order chi connectivity index (χ0) is 27.7. The summed E-state index contributed by atoms with van der Waals surface area (Å²) in [7, 11) is 0. The van der Waals surface area contributed by atoms with Crippen molar-refractivity contribution in [2.24, 2.45) is 0 Å². The maximum absolute atomic E-state index is 14.3. The van der Waals surface area contributed by atoms with Gasteiger partial charge in [0.05, 0.1) is 28.8 Å². The number of anilines is 2. The van der Waals surface area contributed by atoms with Gasteiger partial charge in [-0.1, -0.05) is 30.3 Å². The third-order valence-corrected chi connectivity index (χ3v) is 6.41. The van der Waals surface area contributed by atoms with E-state index >= 15 is 0 Å². The number of aromatic nitrogens is 5. The van der Waals surface area contributed by atoms with Gasteiger partial charge in [-0.3, -0.25) is 14.2 Å². The zero-order valence-corrected chi connectivity index (χ0v) is 21.7. The summed E-state index contributed by atoms with van der Waals surface area (Å²) in [6.45, 7) is 5.69. The Morgan fingerprint density at radius 1 is 0.974 bits per heavy atom. The lowest BCUT2D eigenvalue weighted by Crippen LogP contribution is -2.28. The van der Waals surface area contributed by atoms with Crippen LogP contribution in [0.4, 0.5) is 11.8 Å². The molecular weight excluding hydrogens is 492 g/mol. The molecule has 3 heterocycles. The van der Waals surface area contributed by atoms with Crippen molar-refractivity contribution in [2.75, 3.05) is 11.1 Å². The molecule has 0 saturated heterocycles. The Labute approximate surface area is 224 Å². The molecule has 0 amide bonds. The predicted molar refractivity (Wildman–Crippen MR) is 151 cm³/mol. The fraction of sp³-hybridized carbons (Fsp3) is 0.172. The van der Waals surface area contributed by atoms with Gasteiger partial charge in [0, 0.05) is 18.3 Å². The fourth-order valence-electron chi connectivity index (χ4n) is 4.53. The SMILES string of the molecule is CC(Nc1nc(N)ncc1C#N)c1nc2cccc(-c3ccc(=O)n(C(C)C)c3)c2c(=O)n1-c1ccccc1. The van der Waals surface area contributed by atoms with Crippen molar-refractivity contribution in [2.45, 2.75) is 32.9 Å². The second kappa shape index (κ2) is 10.2. The van der Waals surface area contributed by atoms with Gasteiger partial charge in [-0.15, -0.1) is 0 Å². The van der Waals surface area contributed by atoms with E-state index in [-0.39, 0.29) is 34.5 Å². The van der Waals surface area contributed by atoms with E-state index in [9.17, 15) is 14.9 Å². The third kappa shape index (κ3) is 4.73. The molecule has 39 heavy (non-hydrogen) atoms. The molecule has 0 radical (unpaired) electrons. The van der Waals surface area contributed by atoms with Crippen molar-refractivity contribution < 1.29 is 0 Å². The smallest absolute Gasteiger partial charge is 0.266 e. The van der Waals surface area contributed by atoms with Crippen LogP contribution in [-0.4, -0.2) is 24.1 Å². The highest BCUT2D eigenvalue weighted by Gasteiger charge is 2.22. The summed E-state index contributed by atoms with van der Waals surface area (Å²) < 4.78 is 3.19. The van der Waals surface area contributed by atoms with E-state index < -0.39 is 6.04 Å². The molecule has 2 aromatic carbocycles. The molecule has 0 aliphatic heterocycles.